The highest BCUT2D eigenvalue weighted by molar-refractivity contribution is 5.55. The number of benzene rings is 4. The highest BCUT2D eigenvalue weighted by atomic mass is 16.5. The topological polar surface area (TPSA) is 27.7 Å². The number of morpholine rings is 1. The van der Waals surface area contributed by atoms with Crippen LogP contribution in [0, 0.1) is 6.92 Å². The van der Waals surface area contributed by atoms with E-state index in [0.717, 1.165) is 45.9 Å². The Morgan fingerprint density at radius 1 is 0.750 bits per heavy atom. The summed E-state index contributed by atoms with van der Waals surface area (Å²) in [5.74, 6) is 0.171. The Hall–Kier alpha value is -3.60. The fraction of sp³-hybridized carbons (Fsp3) is 0.333. The quantitative estimate of drug-likeness (QED) is 0.221. The van der Waals surface area contributed by atoms with Gasteiger partial charge in [-0.05, 0) is 72.9 Å². The van der Waals surface area contributed by atoms with E-state index in [1.165, 1.54) is 39.2 Å². The van der Waals surface area contributed by atoms with E-state index in [0.29, 0.717) is 0 Å². The molecule has 0 aliphatic carbocycles. The van der Waals surface area contributed by atoms with E-state index in [4.69, 9.17) is 4.74 Å². The maximum absolute atomic E-state index is 6.38. The predicted molar refractivity (Wildman–Crippen MR) is 168 cm³/mol. The molecule has 1 aliphatic heterocycles. The molecule has 1 fully saturated rings. The normalized spacial score (nSPS) is 15.9. The molecular formula is C36H43N3O. The van der Waals surface area contributed by atoms with Crippen LogP contribution >= 0.6 is 0 Å². The molecule has 4 aromatic rings. The summed E-state index contributed by atoms with van der Waals surface area (Å²) < 4.78 is 6.38. The molecule has 0 radical (unpaired) electrons. The van der Waals surface area contributed by atoms with Gasteiger partial charge in [-0.3, -0.25) is 0 Å². The van der Waals surface area contributed by atoms with Gasteiger partial charge >= 0.3 is 0 Å². The SMILES string of the molecule is CCN(CC)c1ccc(C(c2ccc(N(Cc3ccccc3)Cc3ccccc3)cc2)C2CNCCO2)c(C)c1. The molecule has 2 atom stereocenters. The van der Waals surface area contributed by atoms with Gasteiger partial charge < -0.3 is 19.9 Å². The Balaban J connectivity index is 1.46. The third-order valence-electron chi connectivity index (χ3n) is 8.09. The largest absolute Gasteiger partial charge is 0.375 e. The minimum Gasteiger partial charge on any atom is -0.375 e. The van der Waals surface area contributed by atoms with Crippen LogP contribution in [0.25, 0.3) is 0 Å². The fourth-order valence-corrected chi connectivity index (χ4v) is 5.93. The summed E-state index contributed by atoms with van der Waals surface area (Å²) in [7, 11) is 0. The molecule has 1 heterocycles. The van der Waals surface area contributed by atoms with Gasteiger partial charge in [0.15, 0.2) is 0 Å². The highest BCUT2D eigenvalue weighted by Crippen LogP contribution is 2.35. The highest BCUT2D eigenvalue weighted by Gasteiger charge is 2.29. The molecule has 4 aromatic carbocycles. The molecule has 4 nitrogen and oxygen atoms in total. The molecule has 1 N–H and O–H groups in total. The van der Waals surface area contributed by atoms with Gasteiger partial charge in [-0.1, -0.05) is 78.9 Å². The zero-order valence-electron chi connectivity index (χ0n) is 24.2. The summed E-state index contributed by atoms with van der Waals surface area (Å²) in [6.45, 7) is 13.0. The van der Waals surface area contributed by atoms with E-state index in [1.54, 1.807) is 0 Å². The van der Waals surface area contributed by atoms with Crippen molar-refractivity contribution in [3.63, 3.8) is 0 Å². The van der Waals surface area contributed by atoms with Crippen LogP contribution in [0.1, 0.15) is 47.6 Å². The van der Waals surface area contributed by atoms with Gasteiger partial charge in [-0.25, -0.2) is 0 Å². The van der Waals surface area contributed by atoms with Crippen LogP contribution < -0.4 is 15.1 Å². The molecule has 2 unspecified atom stereocenters. The van der Waals surface area contributed by atoms with Crippen molar-refractivity contribution in [2.45, 2.75) is 45.9 Å². The zero-order chi connectivity index (χ0) is 27.7. The monoisotopic (exact) mass is 533 g/mol. The van der Waals surface area contributed by atoms with Crippen LogP contribution in [0.4, 0.5) is 11.4 Å². The van der Waals surface area contributed by atoms with Crippen molar-refractivity contribution >= 4 is 11.4 Å². The predicted octanol–water partition coefficient (Wildman–Crippen LogP) is 7.17. The van der Waals surface area contributed by atoms with Crippen molar-refractivity contribution in [2.24, 2.45) is 0 Å². The summed E-state index contributed by atoms with van der Waals surface area (Å²) in [6.07, 6.45) is 0.0994. The van der Waals surface area contributed by atoms with Crippen molar-refractivity contribution in [1.29, 1.82) is 0 Å². The van der Waals surface area contributed by atoms with Gasteiger partial charge in [0.2, 0.25) is 0 Å². The van der Waals surface area contributed by atoms with Crippen LogP contribution in [0.3, 0.4) is 0 Å². The second-order valence-corrected chi connectivity index (χ2v) is 10.7. The second kappa shape index (κ2) is 13.6. The van der Waals surface area contributed by atoms with Gasteiger partial charge in [0, 0.05) is 56.6 Å². The number of nitrogens with one attached hydrogen (secondary N) is 1. The Morgan fingerprint density at radius 3 is 1.88 bits per heavy atom. The summed E-state index contributed by atoms with van der Waals surface area (Å²) in [4.78, 5) is 4.87. The molecule has 0 amide bonds. The van der Waals surface area contributed by atoms with Crippen molar-refractivity contribution < 1.29 is 4.74 Å². The number of rotatable bonds is 11. The van der Waals surface area contributed by atoms with Gasteiger partial charge in [-0.15, -0.1) is 0 Å². The minimum absolute atomic E-state index is 0.0994. The first-order chi connectivity index (χ1) is 19.7. The van der Waals surface area contributed by atoms with Crippen LogP contribution in [0.2, 0.25) is 0 Å². The van der Waals surface area contributed by atoms with Crippen molar-refractivity contribution in [2.75, 3.05) is 42.6 Å². The van der Waals surface area contributed by atoms with E-state index in [2.05, 4.69) is 139 Å². The van der Waals surface area contributed by atoms with E-state index < -0.39 is 0 Å². The lowest BCUT2D eigenvalue weighted by Crippen LogP contribution is -2.42. The fourth-order valence-electron chi connectivity index (χ4n) is 5.93. The zero-order valence-corrected chi connectivity index (χ0v) is 24.2. The lowest BCUT2D eigenvalue weighted by Gasteiger charge is -2.33. The van der Waals surface area contributed by atoms with Crippen molar-refractivity contribution in [3.05, 3.63) is 131 Å². The average molecular weight is 534 g/mol. The van der Waals surface area contributed by atoms with Gasteiger partial charge in [-0.2, -0.15) is 0 Å². The molecule has 0 aromatic heterocycles. The number of hydrogen-bond donors (Lipinski definition) is 1. The third kappa shape index (κ3) is 6.75. The number of nitrogens with zero attached hydrogens (tertiary/aromatic N) is 2. The van der Waals surface area contributed by atoms with Gasteiger partial charge in [0.05, 0.1) is 12.7 Å². The first-order valence-corrected chi connectivity index (χ1v) is 14.8. The number of ether oxygens (including phenoxy) is 1. The Labute approximate surface area is 240 Å². The van der Waals surface area contributed by atoms with Crippen molar-refractivity contribution in [3.8, 4) is 0 Å². The molecule has 0 spiro atoms. The molecule has 1 saturated heterocycles. The molecule has 5 rings (SSSR count). The number of aryl methyl sites for hydroxylation is 1. The lowest BCUT2D eigenvalue weighted by molar-refractivity contribution is 0.0186. The Bertz CT molecular complexity index is 1270. The van der Waals surface area contributed by atoms with E-state index in [1.807, 2.05) is 0 Å². The molecule has 0 bridgehead atoms. The van der Waals surface area contributed by atoms with Crippen molar-refractivity contribution in [1.82, 2.24) is 5.32 Å². The van der Waals surface area contributed by atoms with Gasteiger partial charge in [0.25, 0.3) is 0 Å². The first kappa shape index (κ1) is 27.9. The summed E-state index contributed by atoms with van der Waals surface area (Å²) >= 11 is 0. The van der Waals surface area contributed by atoms with Crippen LogP contribution in [0.5, 0.6) is 0 Å². The number of hydrogen-bond acceptors (Lipinski definition) is 4. The third-order valence-corrected chi connectivity index (χ3v) is 8.09. The maximum Gasteiger partial charge on any atom is 0.0809 e. The van der Waals surface area contributed by atoms with E-state index in [-0.39, 0.29) is 12.0 Å². The summed E-state index contributed by atoms with van der Waals surface area (Å²) in [5.41, 5.74) is 9.12. The summed E-state index contributed by atoms with van der Waals surface area (Å²) in [5, 5.41) is 3.56. The second-order valence-electron chi connectivity index (χ2n) is 10.7. The molecular weight excluding hydrogens is 490 g/mol. The first-order valence-electron chi connectivity index (χ1n) is 14.8. The summed E-state index contributed by atoms with van der Waals surface area (Å²) in [6, 6.07) is 37.7. The standard InChI is InChI=1S/C36H43N3O/c1-4-38(5-2)33-20-21-34(28(3)24-33)36(35-25-37-22-23-40-35)31-16-18-32(19-17-31)39(26-29-12-8-6-9-13-29)27-30-14-10-7-11-15-30/h6-21,24,35-37H,4-5,22-23,25-27H2,1-3H3. The molecule has 40 heavy (non-hydrogen) atoms. The Morgan fingerprint density at radius 2 is 1.35 bits per heavy atom. The van der Waals surface area contributed by atoms with E-state index in [9.17, 15) is 0 Å². The maximum atomic E-state index is 6.38. The average Bonchev–Trinajstić information content (AvgIpc) is 3.01. The molecule has 1 aliphatic rings. The molecule has 4 heteroatoms. The lowest BCUT2D eigenvalue weighted by atomic mass is 9.83. The molecule has 0 saturated carbocycles. The number of anilines is 2. The smallest absolute Gasteiger partial charge is 0.0809 e. The van der Waals surface area contributed by atoms with Crippen LogP contribution in [0.15, 0.2) is 103 Å². The van der Waals surface area contributed by atoms with Crippen LogP contribution in [-0.2, 0) is 17.8 Å². The van der Waals surface area contributed by atoms with E-state index >= 15 is 0 Å². The van der Waals surface area contributed by atoms with Crippen LogP contribution in [-0.4, -0.2) is 38.9 Å². The van der Waals surface area contributed by atoms with Gasteiger partial charge in [0.1, 0.15) is 0 Å². The Kier molecular flexibility index (Phi) is 9.54. The molecule has 208 valence electrons. The minimum atomic E-state index is 0.0994.